The lowest BCUT2D eigenvalue weighted by atomic mass is 10.1. The highest BCUT2D eigenvalue weighted by Crippen LogP contribution is 2.25. The van der Waals surface area contributed by atoms with Crippen LogP contribution in [-0.2, 0) is 4.79 Å². The first-order valence-electron chi connectivity index (χ1n) is 8.20. The third-order valence-electron chi connectivity index (χ3n) is 4.40. The number of nitrogens with one attached hydrogen (secondary N) is 1. The Morgan fingerprint density at radius 3 is 2.43 bits per heavy atom. The van der Waals surface area contributed by atoms with Gasteiger partial charge in [-0.25, -0.2) is 0 Å². The molecule has 4 heteroatoms. The zero-order chi connectivity index (χ0) is 16.2. The number of amides is 1. The van der Waals surface area contributed by atoms with E-state index in [2.05, 4.69) is 5.32 Å². The van der Waals surface area contributed by atoms with Crippen LogP contribution in [0.3, 0.4) is 0 Å². The van der Waals surface area contributed by atoms with Crippen molar-refractivity contribution in [2.45, 2.75) is 44.8 Å². The molecule has 0 aliphatic heterocycles. The highest BCUT2D eigenvalue weighted by atomic mass is 16.5. The van der Waals surface area contributed by atoms with Crippen molar-refractivity contribution in [2.24, 2.45) is 0 Å². The first-order chi connectivity index (χ1) is 11.2. The molecule has 1 aliphatic carbocycles. The summed E-state index contributed by atoms with van der Waals surface area (Å²) in [4.78, 5) is 12.2. The quantitative estimate of drug-likeness (QED) is 0.916. The maximum absolute atomic E-state index is 12.2. The van der Waals surface area contributed by atoms with Gasteiger partial charge >= 0.3 is 0 Å². The van der Waals surface area contributed by atoms with Gasteiger partial charge in [-0.1, -0.05) is 25.0 Å². The minimum atomic E-state index is -0.501. The predicted octanol–water partition coefficient (Wildman–Crippen LogP) is 3.67. The van der Waals surface area contributed by atoms with Crippen LogP contribution in [0.2, 0.25) is 0 Å². The van der Waals surface area contributed by atoms with Crippen molar-refractivity contribution in [2.75, 3.05) is 7.11 Å². The Hall–Kier alpha value is -2.23. The fourth-order valence-electron chi connectivity index (χ4n) is 3.05. The van der Waals surface area contributed by atoms with E-state index in [-0.39, 0.29) is 5.91 Å². The van der Waals surface area contributed by atoms with Crippen molar-refractivity contribution >= 4 is 16.7 Å². The molecule has 23 heavy (non-hydrogen) atoms. The van der Waals surface area contributed by atoms with Gasteiger partial charge in [0.1, 0.15) is 11.5 Å². The first kappa shape index (κ1) is 15.7. The largest absolute Gasteiger partial charge is 0.497 e. The van der Waals surface area contributed by atoms with E-state index in [0.29, 0.717) is 11.8 Å². The van der Waals surface area contributed by atoms with Crippen LogP contribution < -0.4 is 14.8 Å². The standard InChI is InChI=1S/C19H23NO3/c1-13(19(21)20-16-5-3-4-6-16)23-18-10-8-14-7-9-17(22-2)11-15(14)12-18/h7-13,16H,3-6H2,1-2H3,(H,20,21)/t13-/m0/s1. The predicted molar refractivity (Wildman–Crippen MR) is 91.0 cm³/mol. The van der Waals surface area contributed by atoms with Gasteiger partial charge in [-0.2, -0.15) is 0 Å². The van der Waals surface area contributed by atoms with Crippen molar-refractivity contribution in [3.63, 3.8) is 0 Å². The van der Waals surface area contributed by atoms with Crippen molar-refractivity contribution in [1.29, 1.82) is 0 Å². The average molecular weight is 313 g/mol. The maximum Gasteiger partial charge on any atom is 0.260 e. The van der Waals surface area contributed by atoms with E-state index >= 15 is 0 Å². The Labute approximate surface area is 136 Å². The monoisotopic (exact) mass is 313 g/mol. The number of benzene rings is 2. The summed E-state index contributed by atoms with van der Waals surface area (Å²) in [6.45, 7) is 1.79. The fourth-order valence-corrected chi connectivity index (χ4v) is 3.05. The molecule has 1 amide bonds. The van der Waals surface area contributed by atoms with Gasteiger partial charge in [0.05, 0.1) is 7.11 Å². The summed E-state index contributed by atoms with van der Waals surface area (Å²) >= 11 is 0. The second kappa shape index (κ2) is 6.90. The normalized spacial score (nSPS) is 16.3. The Kier molecular flexibility index (Phi) is 4.70. The third kappa shape index (κ3) is 3.76. The molecule has 1 fully saturated rings. The molecule has 0 bridgehead atoms. The molecular formula is C19H23NO3. The van der Waals surface area contributed by atoms with E-state index in [1.807, 2.05) is 36.4 Å². The smallest absolute Gasteiger partial charge is 0.260 e. The topological polar surface area (TPSA) is 47.6 Å². The minimum Gasteiger partial charge on any atom is -0.497 e. The summed E-state index contributed by atoms with van der Waals surface area (Å²) in [5.74, 6) is 1.46. The summed E-state index contributed by atoms with van der Waals surface area (Å²) in [6.07, 6.45) is 4.06. The van der Waals surface area contributed by atoms with Crippen LogP contribution >= 0.6 is 0 Å². The van der Waals surface area contributed by atoms with Gasteiger partial charge in [-0.05, 0) is 54.8 Å². The number of hydrogen-bond acceptors (Lipinski definition) is 3. The van der Waals surface area contributed by atoms with Gasteiger partial charge < -0.3 is 14.8 Å². The lowest BCUT2D eigenvalue weighted by Gasteiger charge is -2.18. The molecule has 0 aromatic heterocycles. The molecule has 1 atom stereocenters. The number of carbonyl (C=O) groups is 1. The van der Waals surface area contributed by atoms with Crippen LogP contribution in [0, 0.1) is 0 Å². The summed E-state index contributed by atoms with van der Waals surface area (Å²) in [5.41, 5.74) is 0. The van der Waals surface area contributed by atoms with E-state index in [1.165, 1.54) is 12.8 Å². The zero-order valence-electron chi connectivity index (χ0n) is 13.7. The molecule has 0 radical (unpaired) electrons. The van der Waals surface area contributed by atoms with Crippen molar-refractivity contribution in [3.05, 3.63) is 36.4 Å². The van der Waals surface area contributed by atoms with Crippen LogP contribution in [0.25, 0.3) is 10.8 Å². The molecule has 0 heterocycles. The van der Waals surface area contributed by atoms with Gasteiger partial charge in [-0.15, -0.1) is 0 Å². The van der Waals surface area contributed by atoms with Crippen LogP contribution in [0.5, 0.6) is 11.5 Å². The van der Waals surface area contributed by atoms with E-state index < -0.39 is 6.10 Å². The number of carbonyl (C=O) groups excluding carboxylic acids is 1. The summed E-state index contributed by atoms with van der Waals surface area (Å²) < 4.78 is 11.1. The molecule has 2 aromatic rings. The molecule has 1 N–H and O–H groups in total. The molecular weight excluding hydrogens is 290 g/mol. The number of fused-ring (bicyclic) bond motifs is 1. The highest BCUT2D eigenvalue weighted by Gasteiger charge is 2.21. The molecule has 1 saturated carbocycles. The van der Waals surface area contributed by atoms with Crippen LogP contribution in [-0.4, -0.2) is 25.2 Å². The molecule has 0 unspecified atom stereocenters. The number of rotatable bonds is 5. The molecule has 0 spiro atoms. The molecule has 2 aromatic carbocycles. The first-order valence-corrected chi connectivity index (χ1v) is 8.20. The van der Waals surface area contributed by atoms with Gasteiger partial charge in [0.25, 0.3) is 5.91 Å². The van der Waals surface area contributed by atoms with Crippen molar-refractivity contribution < 1.29 is 14.3 Å². The van der Waals surface area contributed by atoms with Crippen LogP contribution in [0.1, 0.15) is 32.6 Å². The summed E-state index contributed by atoms with van der Waals surface area (Å²) in [5, 5.41) is 5.22. The van der Waals surface area contributed by atoms with Crippen molar-refractivity contribution in [3.8, 4) is 11.5 Å². The number of ether oxygens (including phenoxy) is 2. The summed E-state index contributed by atoms with van der Waals surface area (Å²) in [6, 6.07) is 12.0. The zero-order valence-corrected chi connectivity index (χ0v) is 13.7. The van der Waals surface area contributed by atoms with Gasteiger partial charge in [-0.3, -0.25) is 4.79 Å². The molecule has 3 rings (SSSR count). The Morgan fingerprint density at radius 2 is 1.74 bits per heavy atom. The maximum atomic E-state index is 12.2. The lowest BCUT2D eigenvalue weighted by Crippen LogP contribution is -2.41. The second-order valence-electron chi connectivity index (χ2n) is 6.12. The summed E-state index contributed by atoms with van der Waals surface area (Å²) in [7, 11) is 1.65. The van der Waals surface area contributed by atoms with Gasteiger partial charge in [0, 0.05) is 6.04 Å². The Balaban J connectivity index is 1.68. The lowest BCUT2D eigenvalue weighted by molar-refractivity contribution is -0.127. The second-order valence-corrected chi connectivity index (χ2v) is 6.12. The molecule has 4 nitrogen and oxygen atoms in total. The SMILES string of the molecule is COc1ccc2ccc(O[C@@H](C)C(=O)NC3CCCC3)cc2c1. The fraction of sp³-hybridized carbons (Fsp3) is 0.421. The van der Waals surface area contributed by atoms with Gasteiger partial charge in [0.15, 0.2) is 6.10 Å². The Morgan fingerprint density at radius 1 is 1.09 bits per heavy atom. The number of hydrogen-bond donors (Lipinski definition) is 1. The Bertz CT molecular complexity index is 692. The van der Waals surface area contributed by atoms with E-state index in [1.54, 1.807) is 14.0 Å². The van der Waals surface area contributed by atoms with Crippen LogP contribution in [0.15, 0.2) is 36.4 Å². The molecule has 1 aliphatic rings. The average Bonchev–Trinajstić information content (AvgIpc) is 3.07. The van der Waals surface area contributed by atoms with Crippen molar-refractivity contribution in [1.82, 2.24) is 5.32 Å². The van der Waals surface area contributed by atoms with E-state index in [9.17, 15) is 4.79 Å². The third-order valence-corrected chi connectivity index (χ3v) is 4.40. The minimum absolute atomic E-state index is 0.0392. The highest BCUT2D eigenvalue weighted by molar-refractivity contribution is 5.85. The number of methoxy groups -OCH3 is 1. The van der Waals surface area contributed by atoms with Gasteiger partial charge in [0.2, 0.25) is 0 Å². The van der Waals surface area contributed by atoms with Crippen LogP contribution in [0.4, 0.5) is 0 Å². The van der Waals surface area contributed by atoms with E-state index in [0.717, 1.165) is 29.4 Å². The molecule has 0 saturated heterocycles. The molecule has 122 valence electrons. The van der Waals surface area contributed by atoms with E-state index in [4.69, 9.17) is 9.47 Å².